The number of rotatable bonds is 2. The van der Waals surface area contributed by atoms with E-state index in [0.717, 1.165) is 5.56 Å². The third kappa shape index (κ3) is 2.57. The van der Waals surface area contributed by atoms with Crippen molar-refractivity contribution < 1.29 is 8.78 Å². The van der Waals surface area contributed by atoms with Crippen LogP contribution in [0, 0.1) is 0 Å². The molecule has 88 valence electrons. The van der Waals surface area contributed by atoms with Gasteiger partial charge in [0.15, 0.2) is 0 Å². The van der Waals surface area contributed by atoms with Crippen LogP contribution < -0.4 is 5.73 Å². The van der Waals surface area contributed by atoms with Crippen molar-refractivity contribution in [3.8, 4) is 0 Å². The Balaban J connectivity index is 2.00. The minimum Gasteiger partial charge on any atom is -0.312 e. The maximum absolute atomic E-state index is 13.0. The number of hydrogen-bond acceptors (Lipinski definition) is 2. The van der Waals surface area contributed by atoms with Gasteiger partial charge in [0.1, 0.15) is 0 Å². The van der Waals surface area contributed by atoms with E-state index in [9.17, 15) is 8.78 Å². The van der Waals surface area contributed by atoms with Crippen LogP contribution in [-0.2, 0) is 0 Å². The van der Waals surface area contributed by atoms with Crippen LogP contribution in [0.4, 0.5) is 8.78 Å². The first-order chi connectivity index (χ1) is 7.58. The molecule has 1 heterocycles. The van der Waals surface area contributed by atoms with Gasteiger partial charge in [-0.3, -0.25) is 4.90 Å². The molecular formula is C12H16F2N2. The molecule has 1 aromatic carbocycles. The van der Waals surface area contributed by atoms with Crippen molar-refractivity contribution >= 4 is 0 Å². The largest absolute Gasteiger partial charge is 0.312 e. The zero-order valence-corrected chi connectivity index (χ0v) is 9.07. The quantitative estimate of drug-likeness (QED) is 0.838. The van der Waals surface area contributed by atoms with Crippen molar-refractivity contribution in [3.63, 3.8) is 0 Å². The number of likely N-dealkylation sites (tertiary alicyclic amines) is 1. The lowest BCUT2D eigenvalue weighted by Crippen LogP contribution is -2.44. The summed E-state index contributed by atoms with van der Waals surface area (Å²) in [6, 6.07) is 9.59. The maximum Gasteiger partial charge on any atom is 0.250 e. The SMILES string of the molecule is NC(c1ccccc1)N1CCC(F)(F)CC1. The minimum atomic E-state index is -2.51. The molecule has 4 heteroatoms. The summed E-state index contributed by atoms with van der Waals surface area (Å²) in [6.07, 6.45) is -0.446. The Labute approximate surface area is 94.0 Å². The molecule has 1 aromatic rings. The minimum absolute atomic E-state index is 0.0897. The monoisotopic (exact) mass is 226 g/mol. The highest BCUT2D eigenvalue weighted by molar-refractivity contribution is 5.18. The summed E-state index contributed by atoms with van der Waals surface area (Å²) in [5, 5.41) is 0. The van der Waals surface area contributed by atoms with E-state index in [2.05, 4.69) is 0 Å². The van der Waals surface area contributed by atoms with Gasteiger partial charge in [-0.15, -0.1) is 0 Å². The van der Waals surface area contributed by atoms with Crippen molar-refractivity contribution in [3.05, 3.63) is 35.9 Å². The van der Waals surface area contributed by atoms with E-state index < -0.39 is 5.92 Å². The topological polar surface area (TPSA) is 29.3 Å². The number of halogens is 2. The van der Waals surface area contributed by atoms with Crippen molar-refractivity contribution in [1.82, 2.24) is 4.90 Å². The van der Waals surface area contributed by atoms with E-state index in [4.69, 9.17) is 5.73 Å². The first-order valence-corrected chi connectivity index (χ1v) is 5.51. The van der Waals surface area contributed by atoms with Crippen LogP contribution in [0.2, 0.25) is 0 Å². The smallest absolute Gasteiger partial charge is 0.250 e. The summed E-state index contributed by atoms with van der Waals surface area (Å²) in [5.41, 5.74) is 7.02. The highest BCUT2D eigenvalue weighted by Crippen LogP contribution is 2.30. The van der Waals surface area contributed by atoms with E-state index in [-0.39, 0.29) is 19.0 Å². The highest BCUT2D eigenvalue weighted by atomic mass is 19.3. The highest BCUT2D eigenvalue weighted by Gasteiger charge is 2.35. The van der Waals surface area contributed by atoms with E-state index in [0.29, 0.717) is 13.1 Å². The van der Waals surface area contributed by atoms with Crippen molar-refractivity contribution in [1.29, 1.82) is 0 Å². The molecule has 1 saturated heterocycles. The number of piperidine rings is 1. The molecule has 1 atom stereocenters. The number of alkyl halides is 2. The van der Waals surface area contributed by atoms with E-state index in [1.807, 2.05) is 35.2 Å². The Kier molecular flexibility index (Phi) is 3.21. The second-order valence-corrected chi connectivity index (χ2v) is 4.25. The van der Waals surface area contributed by atoms with Gasteiger partial charge in [0.05, 0.1) is 6.17 Å². The molecule has 2 N–H and O–H groups in total. The van der Waals surface area contributed by atoms with Crippen LogP contribution in [0.5, 0.6) is 0 Å². The Morgan fingerprint density at radius 3 is 2.25 bits per heavy atom. The predicted octanol–water partition coefficient (Wildman–Crippen LogP) is 2.38. The third-order valence-electron chi connectivity index (χ3n) is 3.06. The Bertz CT molecular complexity index is 330. The number of benzene rings is 1. The molecule has 1 unspecified atom stereocenters. The number of nitrogens with two attached hydrogens (primary N) is 1. The average Bonchev–Trinajstić information content (AvgIpc) is 2.29. The normalized spacial score (nSPS) is 22.9. The van der Waals surface area contributed by atoms with Gasteiger partial charge in [-0.2, -0.15) is 0 Å². The number of nitrogens with zero attached hydrogens (tertiary/aromatic N) is 1. The van der Waals surface area contributed by atoms with Gasteiger partial charge in [0.25, 0.3) is 5.92 Å². The molecule has 0 bridgehead atoms. The van der Waals surface area contributed by atoms with Gasteiger partial charge in [-0.1, -0.05) is 30.3 Å². The van der Waals surface area contributed by atoms with Crippen LogP contribution >= 0.6 is 0 Å². The molecule has 2 rings (SSSR count). The number of hydrogen-bond donors (Lipinski definition) is 1. The Morgan fingerprint density at radius 1 is 1.12 bits per heavy atom. The molecule has 1 aliphatic heterocycles. The van der Waals surface area contributed by atoms with Gasteiger partial charge in [0.2, 0.25) is 0 Å². The molecule has 2 nitrogen and oxygen atoms in total. The van der Waals surface area contributed by atoms with Gasteiger partial charge in [-0.05, 0) is 5.56 Å². The molecule has 0 saturated carbocycles. The van der Waals surface area contributed by atoms with Gasteiger partial charge in [0, 0.05) is 25.9 Å². The summed E-state index contributed by atoms with van der Waals surface area (Å²) in [6.45, 7) is 0.728. The molecular weight excluding hydrogens is 210 g/mol. The molecule has 1 aliphatic rings. The van der Waals surface area contributed by atoms with Crippen LogP contribution in [0.1, 0.15) is 24.6 Å². The van der Waals surface area contributed by atoms with Gasteiger partial charge >= 0.3 is 0 Å². The Hall–Kier alpha value is -1.00. The lowest BCUT2D eigenvalue weighted by atomic mass is 10.0. The molecule has 0 radical (unpaired) electrons. The van der Waals surface area contributed by atoms with Crippen molar-refractivity contribution in [2.45, 2.75) is 24.9 Å². The summed E-state index contributed by atoms with van der Waals surface area (Å²) >= 11 is 0. The first kappa shape index (κ1) is 11.5. The fraction of sp³-hybridized carbons (Fsp3) is 0.500. The summed E-state index contributed by atoms with van der Waals surface area (Å²) < 4.78 is 26.0. The van der Waals surface area contributed by atoms with E-state index in [1.54, 1.807) is 0 Å². The Morgan fingerprint density at radius 2 is 1.69 bits per heavy atom. The average molecular weight is 226 g/mol. The summed E-state index contributed by atoms with van der Waals surface area (Å²) in [7, 11) is 0. The molecule has 0 spiro atoms. The lowest BCUT2D eigenvalue weighted by Gasteiger charge is -2.35. The predicted molar refractivity (Wildman–Crippen MR) is 59.1 cm³/mol. The van der Waals surface area contributed by atoms with Crippen molar-refractivity contribution in [2.75, 3.05) is 13.1 Å². The van der Waals surface area contributed by atoms with Gasteiger partial charge in [-0.25, -0.2) is 8.78 Å². The second-order valence-electron chi connectivity index (χ2n) is 4.25. The van der Waals surface area contributed by atoms with Crippen LogP contribution in [0.15, 0.2) is 30.3 Å². The third-order valence-corrected chi connectivity index (χ3v) is 3.06. The molecule has 16 heavy (non-hydrogen) atoms. The second kappa shape index (κ2) is 4.47. The molecule has 0 aliphatic carbocycles. The molecule has 0 amide bonds. The zero-order chi connectivity index (χ0) is 11.6. The van der Waals surface area contributed by atoms with Crippen molar-refractivity contribution in [2.24, 2.45) is 5.73 Å². The van der Waals surface area contributed by atoms with Crippen LogP contribution in [0.3, 0.4) is 0 Å². The molecule has 1 fully saturated rings. The van der Waals surface area contributed by atoms with E-state index >= 15 is 0 Å². The fourth-order valence-electron chi connectivity index (χ4n) is 1.99. The van der Waals surface area contributed by atoms with Crippen LogP contribution in [0.25, 0.3) is 0 Å². The lowest BCUT2D eigenvalue weighted by molar-refractivity contribution is -0.0629. The van der Waals surface area contributed by atoms with E-state index in [1.165, 1.54) is 0 Å². The van der Waals surface area contributed by atoms with Gasteiger partial charge < -0.3 is 5.73 Å². The summed E-state index contributed by atoms with van der Waals surface area (Å²) in [4.78, 5) is 1.91. The molecule has 0 aromatic heterocycles. The fourth-order valence-corrected chi connectivity index (χ4v) is 1.99. The standard InChI is InChI=1S/C12H16F2N2/c13-12(14)6-8-16(9-7-12)11(15)10-4-2-1-3-5-10/h1-5,11H,6-9,15H2. The zero-order valence-electron chi connectivity index (χ0n) is 9.07. The summed E-state index contributed by atoms with van der Waals surface area (Å²) in [5.74, 6) is -2.51. The maximum atomic E-state index is 13.0. The van der Waals surface area contributed by atoms with Crippen LogP contribution in [-0.4, -0.2) is 23.9 Å². The first-order valence-electron chi connectivity index (χ1n) is 5.51.